The number of fused-ring (bicyclic) bond motifs is 3. The zero-order chi connectivity index (χ0) is 16.7. The lowest BCUT2D eigenvalue weighted by Crippen LogP contribution is -2.29. The molecule has 1 aliphatic heterocycles. The van der Waals surface area contributed by atoms with Gasteiger partial charge in [0.15, 0.2) is 6.39 Å². The van der Waals surface area contributed by atoms with Gasteiger partial charge in [0, 0.05) is 5.70 Å². The van der Waals surface area contributed by atoms with Gasteiger partial charge in [0.05, 0.1) is 23.2 Å². The molecule has 1 aromatic carbocycles. The van der Waals surface area contributed by atoms with Crippen LogP contribution in [0.4, 0.5) is 5.95 Å². The Kier molecular flexibility index (Phi) is 3.34. The van der Waals surface area contributed by atoms with Crippen LogP contribution >= 0.6 is 0 Å². The van der Waals surface area contributed by atoms with Crippen LogP contribution in [0.3, 0.4) is 0 Å². The van der Waals surface area contributed by atoms with Crippen molar-refractivity contribution in [1.29, 1.82) is 0 Å². The first-order valence-electron chi connectivity index (χ1n) is 7.70. The van der Waals surface area contributed by atoms with Crippen LogP contribution in [0.15, 0.2) is 52.6 Å². The van der Waals surface area contributed by atoms with Crippen LogP contribution in [0.1, 0.15) is 25.6 Å². The molecule has 1 N–H and O–H groups in total. The minimum Gasteiger partial charge on any atom is -0.463 e. The maximum atomic E-state index is 12.6. The molecule has 0 radical (unpaired) electrons. The topological polar surface area (TPSA) is 82.2 Å². The standard InChI is InChI=1S/C17H16N4O3/c1-3-24-16(22)14-10(2)19-17-20-11-6-4-5-7-13(11)21(17)15(14)12-8-23-9-18-12/h4-9,15H,3H2,1-2H3,(H,19,20). The summed E-state index contributed by atoms with van der Waals surface area (Å²) >= 11 is 0. The predicted octanol–water partition coefficient (Wildman–Crippen LogP) is 2.88. The third kappa shape index (κ3) is 2.09. The number of benzene rings is 1. The van der Waals surface area contributed by atoms with Crippen LogP contribution in [-0.2, 0) is 9.53 Å². The van der Waals surface area contributed by atoms with E-state index in [-0.39, 0.29) is 5.97 Å². The lowest BCUT2D eigenvalue weighted by molar-refractivity contribution is -0.139. The van der Waals surface area contributed by atoms with Crippen molar-refractivity contribution in [2.75, 3.05) is 11.9 Å². The predicted molar refractivity (Wildman–Crippen MR) is 87.3 cm³/mol. The number of nitrogens with zero attached hydrogens (tertiary/aromatic N) is 3. The number of aromatic nitrogens is 3. The van der Waals surface area contributed by atoms with Gasteiger partial charge in [0.1, 0.15) is 18.0 Å². The lowest BCUT2D eigenvalue weighted by Gasteiger charge is -2.28. The van der Waals surface area contributed by atoms with Crippen LogP contribution in [0.25, 0.3) is 11.0 Å². The first kappa shape index (κ1) is 14.5. The summed E-state index contributed by atoms with van der Waals surface area (Å²) in [5, 5.41) is 3.20. The number of hydrogen-bond donors (Lipinski definition) is 1. The monoisotopic (exact) mass is 324 g/mol. The SMILES string of the molecule is CCOC(=O)C1=C(C)Nc2nc3ccccc3n2C1c1cocn1. The van der Waals surface area contributed by atoms with Gasteiger partial charge in [-0.1, -0.05) is 12.1 Å². The van der Waals surface area contributed by atoms with Crippen molar-refractivity contribution >= 4 is 23.0 Å². The zero-order valence-electron chi connectivity index (χ0n) is 13.3. The fourth-order valence-corrected chi connectivity index (χ4v) is 3.07. The van der Waals surface area contributed by atoms with E-state index in [1.807, 2.05) is 35.8 Å². The van der Waals surface area contributed by atoms with Crippen LogP contribution in [0.5, 0.6) is 0 Å². The second-order valence-electron chi connectivity index (χ2n) is 5.49. The molecule has 2 aromatic heterocycles. The van der Waals surface area contributed by atoms with Gasteiger partial charge in [-0.15, -0.1) is 0 Å². The minimum absolute atomic E-state index is 0.304. The average Bonchev–Trinajstić information content (AvgIpc) is 3.21. The molecule has 0 saturated carbocycles. The molecule has 0 spiro atoms. The number of carbonyl (C=O) groups is 1. The summed E-state index contributed by atoms with van der Waals surface area (Å²) in [5.74, 6) is 0.286. The van der Waals surface area contributed by atoms with E-state index in [4.69, 9.17) is 9.15 Å². The molecule has 4 rings (SSSR count). The van der Waals surface area contributed by atoms with Crippen molar-refractivity contribution in [1.82, 2.24) is 14.5 Å². The number of anilines is 1. The van der Waals surface area contributed by atoms with Crippen molar-refractivity contribution in [3.63, 3.8) is 0 Å². The van der Waals surface area contributed by atoms with E-state index in [9.17, 15) is 4.79 Å². The Morgan fingerprint density at radius 1 is 1.42 bits per heavy atom. The van der Waals surface area contributed by atoms with Crippen LogP contribution in [-0.4, -0.2) is 27.1 Å². The number of ether oxygens (including phenoxy) is 1. The summed E-state index contributed by atoms with van der Waals surface area (Å²) in [5.41, 5.74) is 3.57. The third-order valence-electron chi connectivity index (χ3n) is 4.06. The number of carbonyl (C=O) groups excluding carboxylic acids is 1. The van der Waals surface area contributed by atoms with Gasteiger partial charge in [-0.2, -0.15) is 0 Å². The van der Waals surface area contributed by atoms with E-state index in [0.717, 1.165) is 11.0 Å². The number of para-hydroxylation sites is 2. The highest BCUT2D eigenvalue weighted by Crippen LogP contribution is 2.38. The van der Waals surface area contributed by atoms with Crippen molar-refractivity contribution in [3.05, 3.63) is 53.9 Å². The molecule has 3 aromatic rings. The molecule has 0 aliphatic carbocycles. The van der Waals surface area contributed by atoms with E-state index in [1.54, 1.807) is 13.2 Å². The maximum absolute atomic E-state index is 12.6. The van der Waals surface area contributed by atoms with Crippen molar-refractivity contribution in [2.45, 2.75) is 19.9 Å². The third-order valence-corrected chi connectivity index (χ3v) is 4.06. The molecule has 122 valence electrons. The molecule has 24 heavy (non-hydrogen) atoms. The quantitative estimate of drug-likeness (QED) is 0.746. The summed E-state index contributed by atoms with van der Waals surface area (Å²) < 4.78 is 12.4. The molecule has 0 bridgehead atoms. The van der Waals surface area contributed by atoms with E-state index in [1.165, 1.54) is 6.39 Å². The number of allylic oxidation sites excluding steroid dienone is 1. The molecule has 7 heteroatoms. The molecular weight excluding hydrogens is 308 g/mol. The largest absolute Gasteiger partial charge is 0.463 e. The van der Waals surface area contributed by atoms with Crippen LogP contribution < -0.4 is 5.32 Å². The number of oxazole rings is 1. The maximum Gasteiger partial charge on any atom is 0.338 e. The van der Waals surface area contributed by atoms with E-state index in [2.05, 4.69) is 15.3 Å². The molecular formula is C17H16N4O3. The summed E-state index contributed by atoms with van der Waals surface area (Å²) in [6.45, 7) is 3.92. The Bertz CT molecular complexity index is 940. The van der Waals surface area contributed by atoms with Crippen molar-refractivity contribution in [3.8, 4) is 0 Å². The van der Waals surface area contributed by atoms with Crippen molar-refractivity contribution in [2.24, 2.45) is 0 Å². The summed E-state index contributed by atoms with van der Waals surface area (Å²) in [4.78, 5) is 21.4. The molecule has 3 heterocycles. The highest BCUT2D eigenvalue weighted by atomic mass is 16.5. The van der Waals surface area contributed by atoms with Gasteiger partial charge in [0.25, 0.3) is 0 Å². The molecule has 0 saturated heterocycles. The molecule has 1 unspecified atom stereocenters. The van der Waals surface area contributed by atoms with E-state index >= 15 is 0 Å². The Labute approximate surface area is 138 Å². The molecule has 0 fully saturated rings. The molecule has 1 aliphatic rings. The van der Waals surface area contributed by atoms with Gasteiger partial charge < -0.3 is 14.5 Å². The van der Waals surface area contributed by atoms with Crippen molar-refractivity contribution < 1.29 is 13.9 Å². The number of esters is 1. The van der Waals surface area contributed by atoms with Gasteiger partial charge >= 0.3 is 5.97 Å². The second kappa shape index (κ2) is 5.52. The minimum atomic E-state index is -0.452. The number of hydrogen-bond acceptors (Lipinski definition) is 6. The number of imidazole rings is 1. The van der Waals surface area contributed by atoms with Gasteiger partial charge in [0.2, 0.25) is 5.95 Å². The second-order valence-corrected chi connectivity index (χ2v) is 5.49. The molecule has 1 atom stereocenters. The summed E-state index contributed by atoms with van der Waals surface area (Å²) in [6.07, 6.45) is 2.90. The highest BCUT2D eigenvalue weighted by molar-refractivity contribution is 5.93. The fraction of sp³-hybridized carbons (Fsp3) is 0.235. The normalized spacial score (nSPS) is 16.8. The van der Waals surface area contributed by atoms with E-state index in [0.29, 0.717) is 29.5 Å². The van der Waals surface area contributed by atoms with Gasteiger partial charge in [-0.3, -0.25) is 4.57 Å². The molecule has 0 amide bonds. The Morgan fingerprint density at radius 2 is 2.25 bits per heavy atom. The van der Waals surface area contributed by atoms with Crippen LogP contribution in [0.2, 0.25) is 0 Å². The lowest BCUT2D eigenvalue weighted by atomic mass is 10.00. The van der Waals surface area contributed by atoms with Gasteiger partial charge in [-0.05, 0) is 26.0 Å². The highest BCUT2D eigenvalue weighted by Gasteiger charge is 2.36. The van der Waals surface area contributed by atoms with E-state index < -0.39 is 6.04 Å². The average molecular weight is 324 g/mol. The Hall–Kier alpha value is -3.09. The first-order chi connectivity index (χ1) is 11.7. The fourth-order valence-electron chi connectivity index (χ4n) is 3.07. The van der Waals surface area contributed by atoms with Gasteiger partial charge in [-0.25, -0.2) is 14.8 Å². The summed E-state index contributed by atoms with van der Waals surface area (Å²) in [6, 6.07) is 7.31. The number of nitrogens with one attached hydrogen (secondary N) is 1. The van der Waals surface area contributed by atoms with Crippen LogP contribution in [0, 0.1) is 0 Å². The Balaban J connectivity index is 1.97. The summed E-state index contributed by atoms with van der Waals surface area (Å²) in [7, 11) is 0. The smallest absolute Gasteiger partial charge is 0.338 e. The zero-order valence-corrected chi connectivity index (χ0v) is 13.3. The first-order valence-corrected chi connectivity index (χ1v) is 7.70. The number of rotatable bonds is 3. The molecule has 7 nitrogen and oxygen atoms in total. The Morgan fingerprint density at radius 3 is 3.00 bits per heavy atom.